The van der Waals surface area contributed by atoms with Gasteiger partial charge in [0.1, 0.15) is 0 Å². The van der Waals surface area contributed by atoms with E-state index in [1.54, 1.807) is 6.92 Å². The highest BCUT2D eigenvalue weighted by Gasteiger charge is 2.19. The molecule has 1 heterocycles. The third kappa shape index (κ3) is 4.41. The Morgan fingerprint density at radius 3 is 2.76 bits per heavy atom. The number of aromatic amines is 1. The highest BCUT2D eigenvalue weighted by Crippen LogP contribution is 2.21. The maximum atomic E-state index is 12.0. The molecule has 2 rings (SSSR count). The van der Waals surface area contributed by atoms with Gasteiger partial charge in [-0.3, -0.25) is 4.79 Å². The van der Waals surface area contributed by atoms with Crippen molar-refractivity contribution in [3.63, 3.8) is 0 Å². The van der Waals surface area contributed by atoms with Gasteiger partial charge in [0.15, 0.2) is 0 Å². The number of aliphatic hydroxyl groups excluding tert-OH is 1. The van der Waals surface area contributed by atoms with Crippen LogP contribution in [0, 0.1) is 5.41 Å². The summed E-state index contributed by atoms with van der Waals surface area (Å²) in [6.07, 6.45) is 0.416. The summed E-state index contributed by atoms with van der Waals surface area (Å²) >= 11 is 0. The maximum Gasteiger partial charge on any atom is 0.252 e. The second-order valence-electron chi connectivity index (χ2n) is 6.53. The summed E-state index contributed by atoms with van der Waals surface area (Å²) in [5, 5.41) is 13.8. The van der Waals surface area contributed by atoms with Crippen LogP contribution in [0.2, 0.25) is 0 Å². The van der Waals surface area contributed by atoms with Crippen molar-refractivity contribution in [2.75, 3.05) is 6.54 Å². The van der Waals surface area contributed by atoms with Crippen molar-refractivity contribution in [2.45, 2.75) is 39.8 Å². The molecule has 0 saturated heterocycles. The fraction of sp³-hybridized carbons (Fsp3) is 0.471. The van der Waals surface area contributed by atoms with Crippen LogP contribution in [-0.2, 0) is 6.54 Å². The van der Waals surface area contributed by atoms with E-state index < -0.39 is 0 Å². The first kappa shape index (κ1) is 15.7. The number of para-hydroxylation sites is 1. The third-order valence-electron chi connectivity index (χ3n) is 3.60. The van der Waals surface area contributed by atoms with Gasteiger partial charge in [0.2, 0.25) is 0 Å². The normalized spacial score (nSPS) is 13.5. The van der Waals surface area contributed by atoms with Gasteiger partial charge >= 0.3 is 0 Å². The van der Waals surface area contributed by atoms with Crippen LogP contribution in [0.15, 0.2) is 35.1 Å². The smallest absolute Gasteiger partial charge is 0.252 e. The number of hydrogen-bond acceptors (Lipinski definition) is 3. The Morgan fingerprint density at radius 2 is 2.05 bits per heavy atom. The lowest BCUT2D eigenvalue weighted by Gasteiger charge is -2.26. The highest BCUT2D eigenvalue weighted by atomic mass is 16.3. The van der Waals surface area contributed by atoms with Crippen LogP contribution in [0.3, 0.4) is 0 Å². The number of pyridine rings is 1. The van der Waals surface area contributed by atoms with Crippen molar-refractivity contribution < 1.29 is 5.11 Å². The third-order valence-corrected chi connectivity index (χ3v) is 3.60. The van der Waals surface area contributed by atoms with Crippen LogP contribution >= 0.6 is 0 Å². The summed E-state index contributed by atoms with van der Waals surface area (Å²) in [5.74, 6) is 0. The van der Waals surface area contributed by atoms with Crippen molar-refractivity contribution in [2.24, 2.45) is 5.41 Å². The number of aromatic nitrogens is 1. The topological polar surface area (TPSA) is 65.1 Å². The maximum absolute atomic E-state index is 12.0. The largest absolute Gasteiger partial charge is 0.393 e. The Bertz CT molecular complexity index is 659. The second-order valence-corrected chi connectivity index (χ2v) is 6.53. The first-order valence-electron chi connectivity index (χ1n) is 7.37. The number of aliphatic hydroxyl groups is 1. The van der Waals surface area contributed by atoms with E-state index >= 15 is 0 Å². The second kappa shape index (κ2) is 6.41. The standard InChI is InChI=1S/C17H24N2O2/c1-12(20)9-17(2,3)11-18-10-14-8-13-6-4-5-7-15(13)19-16(14)21/h4-8,12,18,20H,9-11H2,1-3H3,(H,19,21). The van der Waals surface area contributed by atoms with Crippen LogP contribution in [-0.4, -0.2) is 22.7 Å². The first-order chi connectivity index (χ1) is 9.87. The van der Waals surface area contributed by atoms with E-state index in [1.165, 1.54) is 0 Å². The molecule has 2 aromatic rings. The molecule has 0 aliphatic heterocycles. The van der Waals surface area contributed by atoms with Gasteiger partial charge in [0.05, 0.1) is 6.10 Å². The number of H-pyrrole nitrogens is 1. The zero-order valence-electron chi connectivity index (χ0n) is 12.9. The zero-order valence-corrected chi connectivity index (χ0v) is 12.9. The molecule has 21 heavy (non-hydrogen) atoms. The zero-order chi connectivity index (χ0) is 15.5. The Morgan fingerprint density at radius 1 is 1.33 bits per heavy atom. The van der Waals surface area contributed by atoms with Gasteiger partial charge in [-0.2, -0.15) is 0 Å². The molecule has 0 amide bonds. The van der Waals surface area contributed by atoms with Crippen LogP contribution in [0.25, 0.3) is 10.9 Å². The molecule has 1 unspecified atom stereocenters. The summed E-state index contributed by atoms with van der Waals surface area (Å²) in [5.41, 5.74) is 1.55. The molecule has 0 bridgehead atoms. The van der Waals surface area contributed by atoms with Crippen molar-refractivity contribution in [3.05, 3.63) is 46.2 Å². The van der Waals surface area contributed by atoms with E-state index in [0.29, 0.717) is 6.54 Å². The molecule has 0 saturated carbocycles. The average molecular weight is 288 g/mol. The predicted molar refractivity (Wildman–Crippen MR) is 86.4 cm³/mol. The number of benzene rings is 1. The Hall–Kier alpha value is -1.65. The first-order valence-corrected chi connectivity index (χ1v) is 7.37. The summed E-state index contributed by atoms with van der Waals surface area (Å²) in [7, 11) is 0. The molecular formula is C17H24N2O2. The molecule has 4 nitrogen and oxygen atoms in total. The van der Waals surface area contributed by atoms with E-state index in [4.69, 9.17) is 0 Å². The van der Waals surface area contributed by atoms with Crippen LogP contribution < -0.4 is 10.9 Å². The molecule has 0 spiro atoms. The van der Waals surface area contributed by atoms with Crippen molar-refractivity contribution >= 4 is 10.9 Å². The summed E-state index contributed by atoms with van der Waals surface area (Å²) in [6.45, 7) is 7.30. The fourth-order valence-corrected chi connectivity index (χ4v) is 2.73. The van der Waals surface area contributed by atoms with Crippen molar-refractivity contribution in [3.8, 4) is 0 Å². The monoisotopic (exact) mass is 288 g/mol. The van der Waals surface area contributed by atoms with Gasteiger partial charge in [-0.05, 0) is 36.3 Å². The van der Waals surface area contributed by atoms with Crippen LogP contribution in [0.5, 0.6) is 0 Å². The average Bonchev–Trinajstić information content (AvgIpc) is 2.37. The molecule has 1 atom stereocenters. The molecular weight excluding hydrogens is 264 g/mol. The van der Waals surface area contributed by atoms with Gasteiger partial charge in [-0.15, -0.1) is 0 Å². The fourth-order valence-electron chi connectivity index (χ4n) is 2.73. The number of nitrogens with one attached hydrogen (secondary N) is 2. The lowest BCUT2D eigenvalue weighted by atomic mass is 9.87. The number of hydrogen-bond donors (Lipinski definition) is 3. The quantitative estimate of drug-likeness (QED) is 0.765. The van der Waals surface area contributed by atoms with Crippen LogP contribution in [0.4, 0.5) is 0 Å². The van der Waals surface area contributed by atoms with Gasteiger partial charge < -0.3 is 15.4 Å². The van der Waals surface area contributed by atoms with Gasteiger partial charge in [0, 0.05) is 24.2 Å². The van der Waals surface area contributed by atoms with E-state index in [0.717, 1.165) is 29.4 Å². The molecule has 1 aromatic heterocycles. The summed E-state index contributed by atoms with van der Waals surface area (Å²) in [6, 6.07) is 9.70. The predicted octanol–water partition coefficient (Wildman–Crippen LogP) is 2.41. The minimum absolute atomic E-state index is 0.00221. The van der Waals surface area contributed by atoms with E-state index in [1.807, 2.05) is 30.3 Å². The number of fused-ring (bicyclic) bond motifs is 1. The lowest BCUT2D eigenvalue weighted by Crippen LogP contribution is -2.33. The van der Waals surface area contributed by atoms with Gasteiger partial charge in [0.25, 0.3) is 5.56 Å². The van der Waals surface area contributed by atoms with Crippen molar-refractivity contribution in [1.29, 1.82) is 0 Å². The molecule has 0 fully saturated rings. The molecule has 4 heteroatoms. The number of rotatable bonds is 6. The van der Waals surface area contributed by atoms with Crippen LogP contribution in [0.1, 0.15) is 32.8 Å². The molecule has 0 aliphatic rings. The lowest BCUT2D eigenvalue weighted by molar-refractivity contribution is 0.128. The van der Waals surface area contributed by atoms with Gasteiger partial charge in [-0.25, -0.2) is 0 Å². The minimum Gasteiger partial charge on any atom is -0.393 e. The Kier molecular flexibility index (Phi) is 4.80. The van der Waals surface area contributed by atoms with E-state index in [-0.39, 0.29) is 17.1 Å². The minimum atomic E-state index is -0.314. The molecule has 0 radical (unpaired) electrons. The summed E-state index contributed by atoms with van der Waals surface area (Å²) < 4.78 is 0. The highest BCUT2D eigenvalue weighted by molar-refractivity contribution is 5.78. The Labute approximate surface area is 125 Å². The Balaban J connectivity index is 2.04. The van der Waals surface area contributed by atoms with E-state index in [9.17, 15) is 9.90 Å². The van der Waals surface area contributed by atoms with Crippen molar-refractivity contribution in [1.82, 2.24) is 10.3 Å². The molecule has 1 aromatic carbocycles. The van der Waals surface area contributed by atoms with Gasteiger partial charge in [-0.1, -0.05) is 32.0 Å². The van der Waals surface area contributed by atoms with E-state index in [2.05, 4.69) is 24.1 Å². The molecule has 114 valence electrons. The molecule has 0 aliphatic carbocycles. The summed E-state index contributed by atoms with van der Waals surface area (Å²) in [4.78, 5) is 14.9. The SMILES string of the molecule is CC(O)CC(C)(C)CNCc1cc2ccccc2[nH]c1=O. The molecule has 3 N–H and O–H groups in total.